The highest BCUT2D eigenvalue weighted by atomic mass is 19.3. The van der Waals surface area contributed by atoms with Crippen molar-refractivity contribution in [1.29, 1.82) is 0 Å². The minimum Gasteiger partial charge on any atom is -0.508 e. The van der Waals surface area contributed by atoms with Gasteiger partial charge in [-0.2, -0.15) is 8.78 Å². The Kier molecular flexibility index (Phi) is 4.37. The van der Waals surface area contributed by atoms with Gasteiger partial charge in [-0.05, 0) is 55.0 Å². The van der Waals surface area contributed by atoms with Crippen molar-refractivity contribution >= 4 is 11.6 Å². The molecule has 0 saturated carbocycles. The molecule has 6 heteroatoms. The quantitative estimate of drug-likeness (QED) is 0.906. The predicted octanol–water partition coefficient (Wildman–Crippen LogP) is 3.55. The van der Waals surface area contributed by atoms with Crippen molar-refractivity contribution in [2.24, 2.45) is 0 Å². The van der Waals surface area contributed by atoms with E-state index in [0.717, 1.165) is 0 Å². The Morgan fingerprint density at radius 3 is 2.43 bits per heavy atom. The predicted molar refractivity (Wildman–Crippen MR) is 73.9 cm³/mol. The van der Waals surface area contributed by atoms with E-state index in [4.69, 9.17) is 0 Å². The smallest absolute Gasteiger partial charge is 0.387 e. The summed E-state index contributed by atoms with van der Waals surface area (Å²) in [6, 6.07) is 10.0. The molecule has 0 fully saturated rings. The number of aromatic hydroxyl groups is 1. The summed E-state index contributed by atoms with van der Waals surface area (Å²) in [6.07, 6.45) is 0. The highest BCUT2D eigenvalue weighted by Gasteiger charge is 2.10. The molecular weight excluding hydrogens is 280 g/mol. The summed E-state index contributed by atoms with van der Waals surface area (Å²) in [5.74, 6) is -0.253. The first-order chi connectivity index (χ1) is 9.95. The lowest BCUT2D eigenvalue weighted by Crippen LogP contribution is -2.13. The minimum absolute atomic E-state index is 0.0174. The molecule has 0 saturated heterocycles. The van der Waals surface area contributed by atoms with E-state index in [9.17, 15) is 18.7 Å². The molecular formula is C15H13F2NO3. The number of nitrogens with one attached hydrogen (secondary N) is 1. The van der Waals surface area contributed by atoms with Gasteiger partial charge in [-0.15, -0.1) is 0 Å². The van der Waals surface area contributed by atoms with Crippen LogP contribution in [0.2, 0.25) is 0 Å². The molecule has 0 radical (unpaired) electrons. The molecule has 0 heterocycles. The summed E-state index contributed by atoms with van der Waals surface area (Å²) in [5.41, 5.74) is 1.50. The number of aryl methyl sites for hydroxylation is 1. The molecule has 2 aromatic rings. The van der Waals surface area contributed by atoms with Gasteiger partial charge < -0.3 is 15.2 Å². The third-order valence-corrected chi connectivity index (χ3v) is 2.79. The zero-order valence-electron chi connectivity index (χ0n) is 11.1. The topological polar surface area (TPSA) is 58.6 Å². The van der Waals surface area contributed by atoms with Gasteiger partial charge in [0.1, 0.15) is 11.5 Å². The molecule has 1 amide bonds. The molecule has 0 atom stereocenters. The van der Waals surface area contributed by atoms with Crippen molar-refractivity contribution in [3.63, 3.8) is 0 Å². The van der Waals surface area contributed by atoms with Crippen LogP contribution in [0.5, 0.6) is 11.5 Å². The summed E-state index contributed by atoms with van der Waals surface area (Å²) < 4.78 is 28.3. The van der Waals surface area contributed by atoms with Crippen LogP contribution in [0.4, 0.5) is 14.5 Å². The lowest BCUT2D eigenvalue weighted by atomic mass is 10.1. The molecule has 0 bridgehead atoms. The maximum Gasteiger partial charge on any atom is 0.387 e. The molecule has 0 spiro atoms. The van der Waals surface area contributed by atoms with Gasteiger partial charge in [0.25, 0.3) is 5.91 Å². The molecule has 2 rings (SSSR count). The monoisotopic (exact) mass is 293 g/mol. The maximum atomic E-state index is 12.1. The van der Waals surface area contributed by atoms with Crippen molar-refractivity contribution in [1.82, 2.24) is 0 Å². The van der Waals surface area contributed by atoms with Crippen LogP contribution < -0.4 is 10.1 Å². The summed E-state index contributed by atoms with van der Waals surface area (Å²) >= 11 is 0. The van der Waals surface area contributed by atoms with E-state index in [-0.39, 0.29) is 17.4 Å². The van der Waals surface area contributed by atoms with E-state index < -0.39 is 6.61 Å². The lowest BCUT2D eigenvalue weighted by molar-refractivity contribution is -0.0498. The normalized spacial score (nSPS) is 10.5. The number of phenols is 1. The first-order valence-corrected chi connectivity index (χ1v) is 6.11. The highest BCUT2D eigenvalue weighted by Crippen LogP contribution is 2.20. The van der Waals surface area contributed by atoms with E-state index in [1.165, 1.54) is 42.5 Å². The van der Waals surface area contributed by atoms with Crippen LogP contribution in [0.3, 0.4) is 0 Å². The SMILES string of the molecule is Cc1cc(O)ccc1C(=O)Nc1ccc(OC(F)F)cc1. The van der Waals surface area contributed by atoms with E-state index in [2.05, 4.69) is 10.1 Å². The fourth-order valence-electron chi connectivity index (χ4n) is 1.82. The van der Waals surface area contributed by atoms with Crippen LogP contribution in [0.1, 0.15) is 15.9 Å². The van der Waals surface area contributed by atoms with Crippen molar-refractivity contribution in [2.75, 3.05) is 5.32 Å². The Balaban J connectivity index is 2.08. The van der Waals surface area contributed by atoms with Gasteiger partial charge in [-0.1, -0.05) is 0 Å². The summed E-state index contributed by atoms with van der Waals surface area (Å²) in [7, 11) is 0. The molecule has 4 nitrogen and oxygen atoms in total. The molecule has 0 unspecified atom stereocenters. The van der Waals surface area contributed by atoms with E-state index in [1.807, 2.05) is 0 Å². The van der Waals surface area contributed by atoms with Crippen LogP contribution in [-0.2, 0) is 0 Å². The largest absolute Gasteiger partial charge is 0.508 e. The first kappa shape index (κ1) is 14.8. The van der Waals surface area contributed by atoms with Crippen molar-refractivity contribution in [2.45, 2.75) is 13.5 Å². The Labute approximate surface area is 120 Å². The van der Waals surface area contributed by atoms with Gasteiger partial charge in [0.2, 0.25) is 0 Å². The zero-order valence-corrected chi connectivity index (χ0v) is 11.1. The van der Waals surface area contributed by atoms with Crippen molar-refractivity contribution in [3.05, 3.63) is 53.6 Å². The number of carbonyl (C=O) groups is 1. The summed E-state index contributed by atoms with van der Waals surface area (Å²) in [4.78, 5) is 12.1. The third kappa shape index (κ3) is 3.92. The van der Waals surface area contributed by atoms with Crippen molar-refractivity contribution < 1.29 is 23.4 Å². The number of alkyl halides is 2. The Morgan fingerprint density at radius 1 is 1.19 bits per heavy atom. The Morgan fingerprint density at radius 2 is 1.86 bits per heavy atom. The van der Waals surface area contributed by atoms with Gasteiger partial charge in [-0.3, -0.25) is 4.79 Å². The fourth-order valence-corrected chi connectivity index (χ4v) is 1.82. The molecule has 0 aliphatic carbocycles. The van der Waals surface area contributed by atoms with Gasteiger partial charge >= 0.3 is 6.61 Å². The number of hydrogen-bond donors (Lipinski definition) is 2. The average molecular weight is 293 g/mol. The Hall–Kier alpha value is -2.63. The van der Waals surface area contributed by atoms with Crippen LogP contribution in [0.25, 0.3) is 0 Å². The maximum absolute atomic E-state index is 12.1. The number of anilines is 1. The number of hydrogen-bond acceptors (Lipinski definition) is 3. The summed E-state index contributed by atoms with van der Waals surface area (Å²) in [5, 5.41) is 11.9. The van der Waals surface area contributed by atoms with E-state index >= 15 is 0 Å². The van der Waals surface area contributed by atoms with Crippen molar-refractivity contribution in [3.8, 4) is 11.5 Å². The van der Waals surface area contributed by atoms with Gasteiger partial charge in [0.05, 0.1) is 0 Å². The second-order valence-electron chi connectivity index (χ2n) is 4.36. The van der Waals surface area contributed by atoms with Crippen LogP contribution in [0, 0.1) is 6.92 Å². The lowest BCUT2D eigenvalue weighted by Gasteiger charge is -2.09. The third-order valence-electron chi connectivity index (χ3n) is 2.79. The molecule has 2 aromatic carbocycles. The molecule has 2 N–H and O–H groups in total. The van der Waals surface area contributed by atoms with Gasteiger partial charge in [-0.25, -0.2) is 0 Å². The zero-order chi connectivity index (χ0) is 15.4. The number of carbonyl (C=O) groups excluding carboxylic acids is 1. The molecule has 0 aliphatic rings. The fraction of sp³-hybridized carbons (Fsp3) is 0.133. The molecule has 110 valence electrons. The average Bonchev–Trinajstić information content (AvgIpc) is 2.40. The molecule has 21 heavy (non-hydrogen) atoms. The van der Waals surface area contributed by atoms with Crippen LogP contribution in [0.15, 0.2) is 42.5 Å². The number of benzene rings is 2. The first-order valence-electron chi connectivity index (χ1n) is 6.11. The number of amides is 1. The van der Waals surface area contributed by atoms with Gasteiger partial charge in [0, 0.05) is 11.3 Å². The van der Waals surface area contributed by atoms with E-state index in [1.54, 1.807) is 6.92 Å². The number of ether oxygens (including phenoxy) is 1. The van der Waals surface area contributed by atoms with E-state index in [0.29, 0.717) is 16.8 Å². The summed E-state index contributed by atoms with van der Waals surface area (Å²) in [6.45, 7) is -1.18. The second kappa shape index (κ2) is 6.21. The Bertz CT molecular complexity index is 642. The van der Waals surface area contributed by atoms with Gasteiger partial charge in [0.15, 0.2) is 0 Å². The number of halogens is 2. The number of phenolic OH excluding ortho intramolecular Hbond substituents is 1. The van der Waals surface area contributed by atoms with Crippen LogP contribution in [-0.4, -0.2) is 17.6 Å². The molecule has 0 aliphatic heterocycles. The minimum atomic E-state index is -2.88. The standard InChI is InChI=1S/C15H13F2NO3/c1-9-8-11(19)4-7-13(9)14(20)18-10-2-5-12(6-3-10)21-15(16)17/h2-8,15,19H,1H3,(H,18,20). The number of rotatable bonds is 4. The second-order valence-corrected chi connectivity index (χ2v) is 4.36. The van der Waals surface area contributed by atoms with Crippen LogP contribution >= 0.6 is 0 Å². The molecule has 0 aromatic heterocycles. The highest BCUT2D eigenvalue weighted by molar-refractivity contribution is 6.05.